The maximum Gasteiger partial charge on any atom is 0.264 e. The van der Waals surface area contributed by atoms with E-state index in [4.69, 9.17) is 0 Å². The summed E-state index contributed by atoms with van der Waals surface area (Å²) in [6, 6.07) is 21.9. The minimum Gasteiger partial charge on any atom is -0.371 e. The highest BCUT2D eigenvalue weighted by atomic mass is 32.2. The zero-order valence-electron chi connectivity index (χ0n) is 22.1. The predicted molar refractivity (Wildman–Crippen MR) is 151 cm³/mol. The van der Waals surface area contributed by atoms with Crippen LogP contribution in [0.2, 0.25) is 0 Å². The Morgan fingerprint density at radius 1 is 1.03 bits per heavy atom. The molecule has 3 aromatic rings. The first kappa shape index (κ1) is 26.7. The third-order valence-electron chi connectivity index (χ3n) is 6.98. The number of aryl methyl sites for hydroxylation is 2. The number of carbonyl (C=O) groups is 1. The lowest BCUT2D eigenvalue weighted by Crippen LogP contribution is -2.41. The first-order chi connectivity index (χ1) is 17.6. The summed E-state index contributed by atoms with van der Waals surface area (Å²) in [4.78, 5) is 15.7. The number of hydrogen-bond acceptors (Lipinski definition) is 4. The van der Waals surface area contributed by atoms with Gasteiger partial charge in [0.1, 0.15) is 6.54 Å². The molecule has 1 fully saturated rings. The molecule has 0 bridgehead atoms. The SMILES string of the molecule is Cc1ccc(S(=O)(=O)N(CC(=O)NC(C)c2ccc(N3CCCC(C)C3)cc2)c2cccc(C)c2)cc1. The number of carbonyl (C=O) groups excluding carboxylic acids is 1. The summed E-state index contributed by atoms with van der Waals surface area (Å²) in [5.74, 6) is 0.331. The molecule has 7 heteroatoms. The fraction of sp³-hybridized carbons (Fsp3) is 0.367. The van der Waals surface area contributed by atoms with Gasteiger partial charge in [-0.05, 0) is 87.1 Å². The Bertz CT molecular complexity index is 1320. The summed E-state index contributed by atoms with van der Waals surface area (Å²) in [6.45, 7) is 9.84. The lowest BCUT2D eigenvalue weighted by atomic mass is 9.99. The molecule has 6 nitrogen and oxygen atoms in total. The van der Waals surface area contributed by atoms with Gasteiger partial charge in [-0.1, -0.05) is 48.9 Å². The number of anilines is 2. The summed E-state index contributed by atoms with van der Waals surface area (Å²) in [6.07, 6.45) is 2.48. The van der Waals surface area contributed by atoms with Gasteiger partial charge in [-0.3, -0.25) is 9.10 Å². The van der Waals surface area contributed by atoms with E-state index in [9.17, 15) is 13.2 Å². The number of sulfonamides is 1. The van der Waals surface area contributed by atoms with Gasteiger partial charge in [-0.2, -0.15) is 0 Å². The second-order valence-electron chi connectivity index (χ2n) is 10.2. The molecule has 1 N–H and O–H groups in total. The van der Waals surface area contributed by atoms with E-state index in [0.717, 1.165) is 29.8 Å². The molecule has 3 aromatic carbocycles. The Morgan fingerprint density at radius 2 is 1.73 bits per heavy atom. The van der Waals surface area contributed by atoms with Crippen molar-refractivity contribution >= 4 is 27.3 Å². The van der Waals surface area contributed by atoms with Crippen molar-refractivity contribution in [1.29, 1.82) is 0 Å². The second kappa shape index (κ2) is 11.4. The molecule has 0 aliphatic carbocycles. The maximum atomic E-state index is 13.6. The molecule has 1 heterocycles. The van der Waals surface area contributed by atoms with Crippen LogP contribution in [-0.2, 0) is 14.8 Å². The third-order valence-corrected chi connectivity index (χ3v) is 8.77. The summed E-state index contributed by atoms with van der Waals surface area (Å²) in [5.41, 5.74) is 4.52. The van der Waals surface area contributed by atoms with Crippen LogP contribution in [0, 0.1) is 19.8 Å². The Hall–Kier alpha value is -3.32. The van der Waals surface area contributed by atoms with Gasteiger partial charge in [0.2, 0.25) is 5.91 Å². The lowest BCUT2D eigenvalue weighted by Gasteiger charge is -2.33. The summed E-state index contributed by atoms with van der Waals surface area (Å²) in [5, 5.41) is 2.99. The fourth-order valence-electron chi connectivity index (χ4n) is 4.83. The summed E-state index contributed by atoms with van der Waals surface area (Å²) >= 11 is 0. The van der Waals surface area contributed by atoms with Crippen LogP contribution < -0.4 is 14.5 Å². The van der Waals surface area contributed by atoms with Crippen molar-refractivity contribution in [2.45, 2.75) is 51.5 Å². The molecule has 0 radical (unpaired) electrons. The largest absolute Gasteiger partial charge is 0.371 e. The Labute approximate surface area is 221 Å². The van der Waals surface area contributed by atoms with Crippen molar-refractivity contribution < 1.29 is 13.2 Å². The third kappa shape index (κ3) is 6.52. The zero-order chi connectivity index (χ0) is 26.6. The van der Waals surface area contributed by atoms with Gasteiger partial charge in [0.25, 0.3) is 10.0 Å². The van der Waals surface area contributed by atoms with Crippen LogP contribution in [0.3, 0.4) is 0 Å². The normalized spacial score (nSPS) is 16.8. The van der Waals surface area contributed by atoms with Gasteiger partial charge in [-0.15, -0.1) is 0 Å². The molecule has 2 unspecified atom stereocenters. The molecule has 0 spiro atoms. The maximum absolute atomic E-state index is 13.6. The number of amides is 1. The Kier molecular flexibility index (Phi) is 8.22. The average Bonchev–Trinajstić information content (AvgIpc) is 2.87. The van der Waals surface area contributed by atoms with Crippen molar-refractivity contribution in [3.8, 4) is 0 Å². The second-order valence-corrected chi connectivity index (χ2v) is 12.1. The van der Waals surface area contributed by atoms with E-state index in [0.29, 0.717) is 11.6 Å². The molecule has 1 amide bonds. The lowest BCUT2D eigenvalue weighted by molar-refractivity contribution is -0.120. The van der Waals surface area contributed by atoms with Crippen LogP contribution >= 0.6 is 0 Å². The van der Waals surface area contributed by atoms with Crippen LogP contribution in [0.15, 0.2) is 77.7 Å². The van der Waals surface area contributed by atoms with E-state index in [1.54, 1.807) is 42.5 Å². The monoisotopic (exact) mass is 519 g/mol. The molecule has 2 atom stereocenters. The van der Waals surface area contributed by atoms with Gasteiger partial charge in [0.15, 0.2) is 0 Å². The molecule has 4 rings (SSSR count). The van der Waals surface area contributed by atoms with E-state index < -0.39 is 10.0 Å². The topological polar surface area (TPSA) is 69.7 Å². The van der Waals surface area contributed by atoms with Crippen LogP contribution in [0.1, 0.15) is 49.4 Å². The van der Waals surface area contributed by atoms with Crippen molar-refractivity contribution in [3.63, 3.8) is 0 Å². The van der Waals surface area contributed by atoms with Crippen molar-refractivity contribution in [2.75, 3.05) is 28.8 Å². The minimum atomic E-state index is -3.94. The van der Waals surface area contributed by atoms with Crippen LogP contribution in [-0.4, -0.2) is 34.0 Å². The van der Waals surface area contributed by atoms with Crippen LogP contribution in [0.4, 0.5) is 11.4 Å². The first-order valence-electron chi connectivity index (χ1n) is 12.9. The highest BCUT2D eigenvalue weighted by Crippen LogP contribution is 2.26. The van der Waals surface area contributed by atoms with Gasteiger partial charge in [0.05, 0.1) is 16.6 Å². The number of nitrogens with zero attached hydrogens (tertiary/aromatic N) is 2. The Balaban J connectivity index is 1.50. The van der Waals surface area contributed by atoms with E-state index in [-0.39, 0.29) is 23.4 Å². The molecule has 196 valence electrons. The van der Waals surface area contributed by atoms with Gasteiger partial charge >= 0.3 is 0 Å². The average molecular weight is 520 g/mol. The fourth-order valence-corrected chi connectivity index (χ4v) is 6.25. The molecule has 1 aliphatic heterocycles. The molecule has 1 saturated heterocycles. The highest BCUT2D eigenvalue weighted by Gasteiger charge is 2.28. The number of piperidine rings is 1. The molecule has 0 saturated carbocycles. The molecule has 37 heavy (non-hydrogen) atoms. The van der Waals surface area contributed by atoms with E-state index in [1.165, 1.54) is 22.8 Å². The van der Waals surface area contributed by atoms with Gasteiger partial charge < -0.3 is 10.2 Å². The number of hydrogen-bond donors (Lipinski definition) is 1. The van der Waals surface area contributed by atoms with Gasteiger partial charge in [-0.25, -0.2) is 8.42 Å². The molecular weight excluding hydrogens is 482 g/mol. The molecular formula is C30H37N3O3S. The molecule has 1 aliphatic rings. The van der Waals surface area contributed by atoms with Crippen LogP contribution in [0.25, 0.3) is 0 Å². The van der Waals surface area contributed by atoms with Crippen LogP contribution in [0.5, 0.6) is 0 Å². The number of benzene rings is 3. The zero-order valence-corrected chi connectivity index (χ0v) is 23.0. The first-order valence-corrected chi connectivity index (χ1v) is 14.4. The van der Waals surface area contributed by atoms with E-state index >= 15 is 0 Å². The standard InChI is InChI=1S/C30H37N3O3S/c1-22-10-16-29(17-11-22)37(35,36)33(28-9-5-7-23(2)19-28)21-30(34)31-25(4)26-12-14-27(15-13-26)32-18-6-8-24(3)20-32/h5,7,9-17,19,24-25H,6,8,18,20-21H2,1-4H3,(H,31,34). The van der Waals surface area contributed by atoms with E-state index in [2.05, 4.69) is 29.3 Å². The minimum absolute atomic E-state index is 0.156. The van der Waals surface area contributed by atoms with Crippen molar-refractivity contribution in [3.05, 3.63) is 89.5 Å². The van der Waals surface area contributed by atoms with E-state index in [1.807, 2.05) is 39.0 Å². The highest BCUT2D eigenvalue weighted by molar-refractivity contribution is 7.92. The predicted octanol–water partition coefficient (Wildman–Crippen LogP) is 5.61. The summed E-state index contributed by atoms with van der Waals surface area (Å²) in [7, 11) is -3.94. The number of nitrogens with one attached hydrogen (secondary N) is 1. The van der Waals surface area contributed by atoms with Gasteiger partial charge in [0, 0.05) is 18.8 Å². The quantitative estimate of drug-likeness (QED) is 0.420. The van der Waals surface area contributed by atoms with Crippen molar-refractivity contribution in [1.82, 2.24) is 5.32 Å². The van der Waals surface area contributed by atoms with Crippen molar-refractivity contribution in [2.24, 2.45) is 5.92 Å². The molecule has 0 aromatic heterocycles. The number of rotatable bonds is 8. The Morgan fingerprint density at radius 3 is 2.38 bits per heavy atom. The smallest absolute Gasteiger partial charge is 0.264 e. The summed E-state index contributed by atoms with van der Waals surface area (Å²) < 4.78 is 28.4.